The van der Waals surface area contributed by atoms with E-state index in [0.29, 0.717) is 18.3 Å². The van der Waals surface area contributed by atoms with Gasteiger partial charge >= 0.3 is 0 Å². The molecule has 0 radical (unpaired) electrons. The summed E-state index contributed by atoms with van der Waals surface area (Å²) < 4.78 is 7.59. The van der Waals surface area contributed by atoms with Crippen LogP contribution in [-0.4, -0.2) is 24.9 Å². The third kappa shape index (κ3) is 2.91. The Kier molecular flexibility index (Phi) is 3.92. The first-order valence-electron chi connectivity index (χ1n) is 7.83. The van der Waals surface area contributed by atoms with Crippen molar-refractivity contribution in [1.82, 2.24) is 30.2 Å². The van der Waals surface area contributed by atoms with Crippen molar-refractivity contribution in [2.75, 3.05) is 0 Å². The molecule has 120 valence electrons. The predicted molar refractivity (Wildman–Crippen MR) is 85.8 cm³/mol. The third-order valence-electron chi connectivity index (χ3n) is 4.06. The van der Waals surface area contributed by atoms with Crippen molar-refractivity contribution in [1.29, 1.82) is 0 Å². The van der Waals surface area contributed by atoms with Gasteiger partial charge < -0.3 is 9.09 Å². The van der Waals surface area contributed by atoms with Crippen molar-refractivity contribution < 1.29 is 4.52 Å². The zero-order valence-corrected chi connectivity index (χ0v) is 13.7. The molecular weight excluding hydrogens is 312 g/mol. The number of hydrogen-bond donors (Lipinski definition) is 1. The summed E-state index contributed by atoms with van der Waals surface area (Å²) in [6.07, 6.45) is 3.42. The zero-order valence-electron chi connectivity index (χ0n) is 12.9. The van der Waals surface area contributed by atoms with E-state index in [-0.39, 0.29) is 6.04 Å². The second-order valence-electron chi connectivity index (χ2n) is 5.68. The van der Waals surface area contributed by atoms with E-state index in [1.807, 2.05) is 24.4 Å². The Morgan fingerprint density at radius 2 is 2.35 bits per heavy atom. The van der Waals surface area contributed by atoms with Gasteiger partial charge in [-0.1, -0.05) is 11.2 Å². The second kappa shape index (κ2) is 6.21. The minimum absolute atomic E-state index is 0.0345. The molecule has 3 aromatic rings. The van der Waals surface area contributed by atoms with Gasteiger partial charge in [-0.25, -0.2) is 0 Å². The van der Waals surface area contributed by atoms with E-state index in [1.165, 1.54) is 12.8 Å². The number of hydrogen-bond acceptors (Lipinski definition) is 7. The first kappa shape index (κ1) is 14.5. The van der Waals surface area contributed by atoms with Crippen LogP contribution in [0.3, 0.4) is 0 Å². The van der Waals surface area contributed by atoms with E-state index in [4.69, 9.17) is 4.52 Å². The minimum Gasteiger partial charge on any atom is -0.337 e. The van der Waals surface area contributed by atoms with Crippen molar-refractivity contribution in [2.24, 2.45) is 0 Å². The fourth-order valence-electron chi connectivity index (χ4n) is 2.75. The summed E-state index contributed by atoms with van der Waals surface area (Å²) in [5.74, 6) is 3.30. The van der Waals surface area contributed by atoms with Crippen molar-refractivity contribution in [3.63, 3.8) is 0 Å². The highest BCUT2D eigenvalue weighted by atomic mass is 32.1. The Bertz CT molecular complexity index is 778. The molecule has 0 bridgehead atoms. The Labute approximate surface area is 137 Å². The van der Waals surface area contributed by atoms with E-state index in [2.05, 4.69) is 30.2 Å². The monoisotopic (exact) mass is 330 g/mol. The molecule has 0 aliphatic carbocycles. The highest BCUT2D eigenvalue weighted by molar-refractivity contribution is 7.13. The molecule has 4 heterocycles. The normalized spacial score (nSPS) is 15.5. The summed E-state index contributed by atoms with van der Waals surface area (Å²) in [5.41, 5.74) is 0. The molecule has 0 unspecified atom stereocenters. The Hall–Kier alpha value is -2.06. The third-order valence-corrected chi connectivity index (χ3v) is 4.92. The van der Waals surface area contributed by atoms with Crippen molar-refractivity contribution in [2.45, 2.75) is 45.3 Å². The fraction of sp³-hybridized carbons (Fsp3) is 0.467. The van der Waals surface area contributed by atoms with Crippen molar-refractivity contribution >= 4 is 11.3 Å². The highest BCUT2D eigenvalue weighted by Gasteiger charge is 2.19. The maximum absolute atomic E-state index is 5.37. The molecule has 8 heteroatoms. The summed E-state index contributed by atoms with van der Waals surface area (Å²) in [4.78, 5) is 5.48. The molecule has 0 saturated heterocycles. The molecule has 1 aliphatic rings. The predicted octanol–water partition coefficient (Wildman–Crippen LogP) is 2.58. The zero-order chi connectivity index (χ0) is 15.6. The molecule has 1 atom stereocenters. The summed E-state index contributed by atoms with van der Waals surface area (Å²) in [5, 5.41) is 18.0. The number of rotatable bonds is 5. The smallest absolute Gasteiger partial charge is 0.243 e. The van der Waals surface area contributed by atoms with Crippen LogP contribution >= 0.6 is 11.3 Å². The average molecular weight is 330 g/mol. The second-order valence-corrected chi connectivity index (χ2v) is 6.63. The Morgan fingerprint density at radius 3 is 3.22 bits per heavy atom. The van der Waals surface area contributed by atoms with Gasteiger partial charge in [0.15, 0.2) is 0 Å². The lowest BCUT2D eigenvalue weighted by atomic mass is 10.2. The van der Waals surface area contributed by atoms with E-state index in [9.17, 15) is 0 Å². The molecule has 0 saturated carbocycles. The van der Waals surface area contributed by atoms with Crippen LogP contribution in [0.15, 0.2) is 22.0 Å². The van der Waals surface area contributed by atoms with Crippen LogP contribution in [0.25, 0.3) is 10.7 Å². The van der Waals surface area contributed by atoms with Crippen molar-refractivity contribution in [3.05, 3.63) is 35.1 Å². The standard InChI is InChI=1S/C15H18N6OS/c1-10(15-17-14(20-22-15)11-5-4-8-23-11)16-9-13-19-18-12-6-2-3-7-21(12)13/h4-5,8,10,16H,2-3,6-7,9H2,1H3/t10-/m0/s1. The fourth-order valence-corrected chi connectivity index (χ4v) is 3.40. The molecule has 1 N–H and O–H groups in total. The molecule has 1 aliphatic heterocycles. The molecule has 0 spiro atoms. The molecule has 0 amide bonds. The van der Waals surface area contributed by atoms with Crippen LogP contribution in [0.1, 0.15) is 43.3 Å². The van der Waals surface area contributed by atoms with Crippen molar-refractivity contribution in [3.8, 4) is 10.7 Å². The van der Waals surface area contributed by atoms with E-state index in [1.54, 1.807) is 11.3 Å². The number of aryl methyl sites for hydroxylation is 1. The van der Waals surface area contributed by atoms with E-state index < -0.39 is 0 Å². The van der Waals surface area contributed by atoms with Gasteiger partial charge in [-0.3, -0.25) is 5.32 Å². The van der Waals surface area contributed by atoms with Gasteiger partial charge in [-0.05, 0) is 31.2 Å². The Morgan fingerprint density at radius 1 is 1.39 bits per heavy atom. The SMILES string of the molecule is C[C@H](NCc1nnc2n1CCCC2)c1nc(-c2cccs2)no1. The van der Waals surface area contributed by atoms with E-state index >= 15 is 0 Å². The number of aromatic nitrogens is 5. The van der Waals surface area contributed by atoms with Crippen LogP contribution in [-0.2, 0) is 19.5 Å². The quantitative estimate of drug-likeness (QED) is 0.774. The first-order chi connectivity index (χ1) is 11.3. The molecule has 3 aromatic heterocycles. The maximum Gasteiger partial charge on any atom is 0.243 e. The van der Waals surface area contributed by atoms with Gasteiger partial charge in [0.25, 0.3) is 0 Å². The van der Waals surface area contributed by atoms with Gasteiger partial charge in [0, 0.05) is 13.0 Å². The number of fused-ring (bicyclic) bond motifs is 1. The summed E-state index contributed by atoms with van der Waals surface area (Å²) in [7, 11) is 0. The Balaban J connectivity index is 1.42. The van der Waals surface area contributed by atoms with Gasteiger partial charge in [-0.2, -0.15) is 4.98 Å². The molecule has 23 heavy (non-hydrogen) atoms. The summed E-state index contributed by atoms with van der Waals surface area (Å²) >= 11 is 1.60. The maximum atomic E-state index is 5.37. The topological polar surface area (TPSA) is 81.7 Å². The van der Waals surface area contributed by atoms with Crippen LogP contribution in [0.2, 0.25) is 0 Å². The van der Waals surface area contributed by atoms with Crippen LogP contribution in [0, 0.1) is 0 Å². The van der Waals surface area contributed by atoms with Gasteiger partial charge in [0.1, 0.15) is 11.6 Å². The minimum atomic E-state index is -0.0345. The number of nitrogens with one attached hydrogen (secondary N) is 1. The van der Waals surface area contributed by atoms with Gasteiger partial charge in [0.2, 0.25) is 11.7 Å². The molecular formula is C15H18N6OS. The number of nitrogens with zero attached hydrogens (tertiary/aromatic N) is 5. The molecule has 0 aromatic carbocycles. The largest absolute Gasteiger partial charge is 0.337 e. The van der Waals surface area contributed by atoms with Gasteiger partial charge in [0.05, 0.1) is 17.5 Å². The summed E-state index contributed by atoms with van der Waals surface area (Å²) in [6, 6.07) is 3.93. The highest BCUT2D eigenvalue weighted by Crippen LogP contribution is 2.23. The van der Waals surface area contributed by atoms with Crippen LogP contribution in [0.4, 0.5) is 0 Å². The number of thiophene rings is 1. The summed E-state index contributed by atoms with van der Waals surface area (Å²) in [6.45, 7) is 3.67. The van der Waals surface area contributed by atoms with E-state index in [0.717, 1.165) is 29.5 Å². The first-order valence-corrected chi connectivity index (χ1v) is 8.71. The molecule has 4 rings (SSSR count). The average Bonchev–Trinajstić information content (AvgIpc) is 3.31. The molecule has 7 nitrogen and oxygen atoms in total. The molecule has 0 fully saturated rings. The van der Waals surface area contributed by atoms with Crippen LogP contribution in [0.5, 0.6) is 0 Å². The lowest BCUT2D eigenvalue weighted by Crippen LogP contribution is -2.22. The van der Waals surface area contributed by atoms with Crippen LogP contribution < -0.4 is 5.32 Å². The lowest BCUT2D eigenvalue weighted by molar-refractivity contribution is 0.336. The lowest BCUT2D eigenvalue weighted by Gasteiger charge is -2.15. The van der Waals surface area contributed by atoms with Gasteiger partial charge in [-0.15, -0.1) is 21.5 Å².